The highest BCUT2D eigenvalue weighted by molar-refractivity contribution is 9.10. The lowest BCUT2D eigenvalue weighted by Gasteiger charge is -2.23. The van der Waals surface area contributed by atoms with Crippen molar-refractivity contribution in [3.8, 4) is 0 Å². The highest BCUT2D eigenvalue weighted by Crippen LogP contribution is 2.29. The summed E-state index contributed by atoms with van der Waals surface area (Å²) in [4.78, 5) is 14.6. The predicted octanol–water partition coefficient (Wildman–Crippen LogP) is 2.19. The van der Waals surface area contributed by atoms with Crippen molar-refractivity contribution in [2.75, 3.05) is 19.6 Å². The van der Waals surface area contributed by atoms with Crippen LogP contribution < -0.4 is 5.32 Å². The smallest absolute Gasteiger partial charge is 0.254 e. The Morgan fingerprint density at radius 3 is 3.06 bits per heavy atom. The normalized spacial score (nSPS) is 26.4. The fraction of sp³-hybridized carbons (Fsp3) is 0.500. The van der Waals surface area contributed by atoms with Gasteiger partial charge in [-0.15, -0.1) is 0 Å². The molecule has 1 amide bonds. The molecule has 2 heterocycles. The number of hydrogen-bond acceptors (Lipinski definition) is 2. The number of fused-ring (bicyclic) bond motifs is 1. The molecular formula is C14H17BrN2O. The van der Waals surface area contributed by atoms with Gasteiger partial charge >= 0.3 is 0 Å². The van der Waals surface area contributed by atoms with Crippen LogP contribution >= 0.6 is 15.9 Å². The molecule has 1 aromatic carbocycles. The van der Waals surface area contributed by atoms with Crippen LogP contribution in [-0.4, -0.2) is 36.5 Å². The van der Waals surface area contributed by atoms with E-state index in [1.807, 2.05) is 30.0 Å². The average Bonchev–Trinajstić information content (AvgIpc) is 2.93. The number of halogens is 1. The van der Waals surface area contributed by atoms with E-state index >= 15 is 0 Å². The van der Waals surface area contributed by atoms with Crippen LogP contribution in [0.5, 0.6) is 0 Å². The van der Waals surface area contributed by atoms with E-state index in [0.717, 1.165) is 41.7 Å². The molecule has 0 radical (unpaired) electrons. The van der Waals surface area contributed by atoms with Crippen molar-refractivity contribution in [2.45, 2.75) is 19.4 Å². The van der Waals surface area contributed by atoms with E-state index in [1.54, 1.807) is 0 Å². The summed E-state index contributed by atoms with van der Waals surface area (Å²) in [6.45, 7) is 4.94. The third-order valence-electron chi connectivity index (χ3n) is 4.11. The average molecular weight is 309 g/mol. The number of amides is 1. The molecule has 0 spiro atoms. The molecule has 0 aliphatic carbocycles. The SMILES string of the molecule is Cc1cc(C(=O)N2CC[C@H]3CNC[C@H]32)ccc1Br. The molecular weight excluding hydrogens is 292 g/mol. The van der Waals surface area contributed by atoms with Gasteiger partial charge in [0.05, 0.1) is 0 Å². The van der Waals surface area contributed by atoms with E-state index in [2.05, 4.69) is 21.2 Å². The minimum atomic E-state index is 0.182. The quantitative estimate of drug-likeness (QED) is 0.862. The Morgan fingerprint density at radius 1 is 1.44 bits per heavy atom. The van der Waals surface area contributed by atoms with Gasteiger partial charge in [0, 0.05) is 35.7 Å². The summed E-state index contributed by atoms with van der Waals surface area (Å²) in [6, 6.07) is 6.25. The second-order valence-electron chi connectivity index (χ2n) is 5.24. The number of nitrogens with zero attached hydrogens (tertiary/aromatic N) is 1. The minimum Gasteiger partial charge on any atom is -0.334 e. The molecule has 0 bridgehead atoms. The molecule has 0 aromatic heterocycles. The molecule has 2 atom stereocenters. The summed E-state index contributed by atoms with van der Waals surface area (Å²) >= 11 is 3.47. The largest absolute Gasteiger partial charge is 0.334 e. The first-order valence-corrected chi connectivity index (χ1v) is 7.24. The standard InChI is InChI=1S/C14H17BrN2O/c1-9-6-10(2-3-12(9)15)14(18)17-5-4-11-7-16-8-13(11)17/h2-3,6,11,13,16H,4-5,7-8H2,1H3/t11-,13+/m0/s1. The summed E-state index contributed by atoms with van der Waals surface area (Å²) in [5.74, 6) is 0.840. The number of rotatable bonds is 1. The molecule has 0 saturated carbocycles. The summed E-state index contributed by atoms with van der Waals surface area (Å²) in [7, 11) is 0. The lowest BCUT2D eigenvalue weighted by molar-refractivity contribution is 0.0737. The van der Waals surface area contributed by atoms with Crippen molar-refractivity contribution in [1.82, 2.24) is 10.2 Å². The molecule has 2 fully saturated rings. The van der Waals surface area contributed by atoms with Crippen molar-refractivity contribution < 1.29 is 4.79 Å². The summed E-state index contributed by atoms with van der Waals surface area (Å²) in [5.41, 5.74) is 1.92. The molecule has 2 aliphatic rings. The molecule has 3 nitrogen and oxygen atoms in total. The Labute approximate surface area is 116 Å². The second kappa shape index (κ2) is 4.67. The fourth-order valence-electron chi connectivity index (χ4n) is 3.04. The molecule has 1 aromatic rings. The fourth-order valence-corrected chi connectivity index (χ4v) is 3.29. The molecule has 1 N–H and O–H groups in total. The number of likely N-dealkylation sites (tertiary alicyclic amines) is 1. The zero-order valence-electron chi connectivity index (χ0n) is 10.4. The van der Waals surface area contributed by atoms with E-state index in [1.165, 1.54) is 0 Å². The Bertz CT molecular complexity index is 489. The Hall–Kier alpha value is -0.870. The second-order valence-corrected chi connectivity index (χ2v) is 6.09. The van der Waals surface area contributed by atoms with Gasteiger partial charge in [-0.25, -0.2) is 0 Å². The Kier molecular flexibility index (Phi) is 3.16. The molecule has 96 valence electrons. The maximum atomic E-state index is 12.5. The van der Waals surface area contributed by atoms with Crippen LogP contribution in [0.2, 0.25) is 0 Å². The molecule has 3 rings (SSSR count). The molecule has 0 unspecified atom stereocenters. The number of hydrogen-bond donors (Lipinski definition) is 1. The molecule has 2 aliphatic heterocycles. The van der Waals surface area contributed by atoms with Gasteiger partial charge < -0.3 is 10.2 Å². The maximum Gasteiger partial charge on any atom is 0.254 e. The summed E-state index contributed by atoms with van der Waals surface area (Å²) < 4.78 is 1.06. The molecule has 2 saturated heterocycles. The van der Waals surface area contributed by atoms with Crippen LogP contribution in [0.25, 0.3) is 0 Å². The zero-order valence-corrected chi connectivity index (χ0v) is 12.0. The monoisotopic (exact) mass is 308 g/mol. The lowest BCUT2D eigenvalue weighted by atomic mass is 10.0. The van der Waals surface area contributed by atoms with Crippen LogP contribution in [0.3, 0.4) is 0 Å². The van der Waals surface area contributed by atoms with Crippen molar-refractivity contribution in [3.63, 3.8) is 0 Å². The van der Waals surface area contributed by atoms with Crippen LogP contribution in [0, 0.1) is 12.8 Å². The van der Waals surface area contributed by atoms with Gasteiger partial charge in [0.15, 0.2) is 0 Å². The van der Waals surface area contributed by atoms with Crippen molar-refractivity contribution >= 4 is 21.8 Å². The lowest BCUT2D eigenvalue weighted by Crippen LogP contribution is -2.39. The maximum absolute atomic E-state index is 12.5. The topological polar surface area (TPSA) is 32.3 Å². The van der Waals surface area contributed by atoms with E-state index in [9.17, 15) is 4.79 Å². The van der Waals surface area contributed by atoms with E-state index in [-0.39, 0.29) is 5.91 Å². The Balaban J connectivity index is 1.84. The van der Waals surface area contributed by atoms with E-state index in [4.69, 9.17) is 0 Å². The zero-order chi connectivity index (χ0) is 12.7. The number of carbonyl (C=O) groups is 1. The highest BCUT2D eigenvalue weighted by atomic mass is 79.9. The first-order valence-electron chi connectivity index (χ1n) is 6.44. The van der Waals surface area contributed by atoms with Gasteiger partial charge in [-0.3, -0.25) is 4.79 Å². The van der Waals surface area contributed by atoms with E-state index in [0.29, 0.717) is 12.0 Å². The number of aryl methyl sites for hydroxylation is 1. The highest BCUT2D eigenvalue weighted by Gasteiger charge is 2.40. The van der Waals surface area contributed by atoms with Gasteiger partial charge in [0.25, 0.3) is 5.91 Å². The van der Waals surface area contributed by atoms with Crippen molar-refractivity contribution in [2.24, 2.45) is 5.92 Å². The van der Waals surface area contributed by atoms with Crippen LogP contribution in [0.1, 0.15) is 22.3 Å². The number of nitrogens with one attached hydrogen (secondary N) is 1. The minimum absolute atomic E-state index is 0.182. The number of benzene rings is 1. The summed E-state index contributed by atoms with van der Waals surface area (Å²) in [5, 5.41) is 3.38. The van der Waals surface area contributed by atoms with Crippen molar-refractivity contribution in [3.05, 3.63) is 33.8 Å². The summed E-state index contributed by atoms with van der Waals surface area (Å²) in [6.07, 6.45) is 1.14. The molecule has 18 heavy (non-hydrogen) atoms. The third-order valence-corrected chi connectivity index (χ3v) is 5.00. The third kappa shape index (κ3) is 1.97. The van der Waals surface area contributed by atoms with Crippen LogP contribution in [-0.2, 0) is 0 Å². The number of carbonyl (C=O) groups excluding carboxylic acids is 1. The first-order chi connectivity index (χ1) is 8.66. The van der Waals surface area contributed by atoms with Crippen molar-refractivity contribution in [1.29, 1.82) is 0 Å². The van der Waals surface area contributed by atoms with Gasteiger partial charge in [-0.05, 0) is 43.0 Å². The van der Waals surface area contributed by atoms with Gasteiger partial charge in [-0.1, -0.05) is 15.9 Å². The Morgan fingerprint density at radius 2 is 2.28 bits per heavy atom. The predicted molar refractivity (Wildman–Crippen MR) is 74.7 cm³/mol. The first kappa shape index (κ1) is 12.2. The van der Waals surface area contributed by atoms with E-state index < -0.39 is 0 Å². The van der Waals surface area contributed by atoms with Crippen LogP contribution in [0.15, 0.2) is 22.7 Å². The van der Waals surface area contributed by atoms with Crippen LogP contribution in [0.4, 0.5) is 0 Å². The van der Waals surface area contributed by atoms with Gasteiger partial charge in [0.1, 0.15) is 0 Å². The van der Waals surface area contributed by atoms with Gasteiger partial charge in [-0.2, -0.15) is 0 Å². The molecule has 4 heteroatoms. The van der Waals surface area contributed by atoms with Gasteiger partial charge in [0.2, 0.25) is 0 Å².